The van der Waals surface area contributed by atoms with Crippen LogP contribution in [-0.4, -0.2) is 93.8 Å². The van der Waals surface area contributed by atoms with Crippen molar-refractivity contribution in [3.63, 3.8) is 0 Å². The zero-order valence-electron chi connectivity index (χ0n) is 36.2. The molecule has 4 bridgehead atoms. The van der Waals surface area contributed by atoms with E-state index >= 15 is 0 Å². The molecule has 4 unspecified atom stereocenters. The first-order valence-electron chi connectivity index (χ1n) is 22.1. The van der Waals surface area contributed by atoms with Crippen molar-refractivity contribution in [2.45, 2.75) is 95.7 Å². The molecular formula is C50H55Cl2F2N7O3. The minimum absolute atomic E-state index is 0.0140. The predicted molar refractivity (Wildman–Crippen MR) is 251 cm³/mol. The molecule has 0 radical (unpaired) electrons. The van der Waals surface area contributed by atoms with E-state index in [1.54, 1.807) is 36.4 Å². The van der Waals surface area contributed by atoms with Crippen molar-refractivity contribution in [1.29, 1.82) is 0 Å². The zero-order valence-corrected chi connectivity index (χ0v) is 37.7. The van der Waals surface area contributed by atoms with Crippen LogP contribution in [0.15, 0.2) is 84.9 Å². The summed E-state index contributed by atoms with van der Waals surface area (Å²) in [5, 5.41) is 6.97. The highest BCUT2D eigenvalue weighted by molar-refractivity contribution is 6.32. The van der Waals surface area contributed by atoms with Gasteiger partial charge in [0, 0.05) is 97.4 Å². The van der Waals surface area contributed by atoms with Gasteiger partial charge in [-0.3, -0.25) is 19.4 Å². The Bertz CT molecular complexity index is 2400. The number of fused-ring (bicyclic) bond motifs is 4. The van der Waals surface area contributed by atoms with Crippen molar-refractivity contribution in [2.75, 3.05) is 37.2 Å². The number of rotatable bonds is 10. The SMILES string of the molecule is Cc1cc(/C=C/C(=O)N2C3CCC2CN(Cc2ccc(F)cc2)C3)c(N)cc1Cl.Cc1cc(/C=C/C(=O)N2C3CCC2CN(Cc2ccc(F)cc2)C3)c(NC(=O)NC2CC2)cc1Cl. The fourth-order valence-corrected chi connectivity index (χ4v) is 9.87. The number of likely N-dealkylation sites (tertiary alicyclic amines) is 2. The van der Waals surface area contributed by atoms with E-state index in [0.29, 0.717) is 21.4 Å². The van der Waals surface area contributed by atoms with Crippen molar-refractivity contribution >= 4 is 64.6 Å². The molecule has 1 aliphatic carbocycles. The van der Waals surface area contributed by atoms with Crippen LogP contribution in [0.5, 0.6) is 0 Å². The Morgan fingerprint density at radius 1 is 0.641 bits per heavy atom. The van der Waals surface area contributed by atoms with Gasteiger partial charge in [-0.2, -0.15) is 0 Å². The molecule has 0 spiro atoms. The first-order valence-corrected chi connectivity index (χ1v) is 22.9. The number of benzene rings is 4. The number of anilines is 2. The van der Waals surface area contributed by atoms with Crippen LogP contribution in [-0.2, 0) is 22.7 Å². The summed E-state index contributed by atoms with van der Waals surface area (Å²) in [6.45, 7) is 8.66. The normalized spacial score (nSPS) is 21.9. The lowest BCUT2D eigenvalue weighted by atomic mass is 10.1. The number of nitrogens with zero attached hydrogens (tertiary/aromatic N) is 4. The van der Waals surface area contributed by atoms with Crippen LogP contribution in [0.2, 0.25) is 10.0 Å². The Morgan fingerprint density at radius 2 is 1.06 bits per heavy atom. The standard InChI is InChI=1S/C27H30ClFN4O2.C23H25ClFN3O/c1-17-12-19(25(13-24(17)28)31-27(35)30-21-7-8-21)4-11-26(34)33-22-9-10-23(33)16-32(15-22)14-18-2-5-20(29)6-3-18;1-15-10-17(22(26)11-21(15)24)4-9-23(29)28-19-7-8-20(28)14-27(13-19)12-16-2-5-18(25)6-3-16/h2-6,11-13,21-23H,7-10,14-16H2,1H3,(H2,30,31,35);2-6,9-11,19-20H,7-8,12-14,26H2,1H3/b11-4+;9-4+. The van der Waals surface area contributed by atoms with Crippen LogP contribution < -0.4 is 16.4 Å². The van der Waals surface area contributed by atoms with Crippen LogP contribution >= 0.6 is 23.2 Å². The van der Waals surface area contributed by atoms with Gasteiger partial charge >= 0.3 is 6.03 Å². The van der Waals surface area contributed by atoms with Crippen LogP contribution in [0, 0.1) is 25.5 Å². The smallest absolute Gasteiger partial charge is 0.319 e. The van der Waals surface area contributed by atoms with Gasteiger partial charge in [0.1, 0.15) is 11.6 Å². The molecule has 0 aromatic heterocycles. The van der Waals surface area contributed by atoms with Gasteiger partial charge in [-0.15, -0.1) is 0 Å². The van der Waals surface area contributed by atoms with Gasteiger partial charge in [0.2, 0.25) is 11.8 Å². The number of aryl methyl sites for hydroxylation is 2. The molecule has 336 valence electrons. The molecule has 1 saturated carbocycles. The van der Waals surface area contributed by atoms with E-state index in [1.165, 1.54) is 24.3 Å². The number of carbonyl (C=O) groups excluding carboxylic acids is 3. The summed E-state index contributed by atoms with van der Waals surface area (Å²) in [5.74, 6) is -0.424. The number of nitrogens with two attached hydrogens (primary N) is 1. The third-order valence-electron chi connectivity index (χ3n) is 12.9. The lowest BCUT2D eigenvalue weighted by Crippen LogP contribution is -2.55. The Balaban J connectivity index is 0.000000178. The molecule has 4 saturated heterocycles. The Kier molecular flexibility index (Phi) is 14.1. The maximum absolute atomic E-state index is 13.2. The molecule has 4 heterocycles. The van der Waals surface area contributed by atoms with Gasteiger partial charge < -0.3 is 26.2 Å². The second kappa shape index (κ2) is 19.9. The molecule has 4 aromatic rings. The highest BCUT2D eigenvalue weighted by Crippen LogP contribution is 2.34. The number of nitrogen functional groups attached to an aromatic ring is 1. The number of nitrogens with one attached hydrogen (secondary N) is 2. The van der Waals surface area contributed by atoms with Crippen molar-refractivity contribution in [3.05, 3.63) is 140 Å². The van der Waals surface area contributed by atoms with Gasteiger partial charge in [-0.05, 0) is 146 Å². The van der Waals surface area contributed by atoms with Gasteiger partial charge in [0.15, 0.2) is 0 Å². The van der Waals surface area contributed by atoms with Gasteiger partial charge in [-0.25, -0.2) is 13.6 Å². The molecule has 4 aliphatic heterocycles. The highest BCUT2D eigenvalue weighted by atomic mass is 35.5. The molecule has 64 heavy (non-hydrogen) atoms. The lowest BCUT2D eigenvalue weighted by Gasteiger charge is -2.40. The fourth-order valence-electron chi connectivity index (χ4n) is 9.53. The van der Waals surface area contributed by atoms with E-state index in [2.05, 4.69) is 20.4 Å². The molecule has 4 N–H and O–H groups in total. The van der Waals surface area contributed by atoms with E-state index in [4.69, 9.17) is 28.9 Å². The van der Waals surface area contributed by atoms with Crippen LogP contribution in [0.4, 0.5) is 25.0 Å². The molecule has 4 atom stereocenters. The average Bonchev–Trinajstić information content (AvgIpc) is 3.98. The number of hydrogen-bond acceptors (Lipinski definition) is 6. The minimum atomic E-state index is -0.260. The number of urea groups is 1. The fraction of sp³-hybridized carbons (Fsp3) is 0.380. The Labute approximate surface area is 384 Å². The van der Waals surface area contributed by atoms with Crippen molar-refractivity contribution in [3.8, 4) is 0 Å². The first-order chi connectivity index (χ1) is 30.8. The molecule has 10 nitrogen and oxygen atoms in total. The van der Waals surface area contributed by atoms with Gasteiger partial charge in [0.25, 0.3) is 0 Å². The van der Waals surface area contributed by atoms with Crippen LogP contribution in [0.3, 0.4) is 0 Å². The zero-order chi connectivity index (χ0) is 45.1. The third-order valence-corrected chi connectivity index (χ3v) is 13.7. The Morgan fingerprint density at radius 3 is 1.52 bits per heavy atom. The predicted octanol–water partition coefficient (Wildman–Crippen LogP) is 9.22. The molecule has 4 aromatic carbocycles. The third kappa shape index (κ3) is 11.1. The first kappa shape index (κ1) is 45.3. The van der Waals surface area contributed by atoms with E-state index in [-0.39, 0.29) is 59.7 Å². The molecule has 4 amide bonds. The summed E-state index contributed by atoms with van der Waals surface area (Å²) in [4.78, 5) is 47.2. The molecule has 5 aliphatic rings. The summed E-state index contributed by atoms with van der Waals surface area (Å²) in [6, 6.07) is 21.3. The Hall–Kier alpha value is -5.27. The minimum Gasteiger partial charge on any atom is -0.398 e. The maximum Gasteiger partial charge on any atom is 0.319 e. The van der Waals surface area contributed by atoms with E-state index in [1.807, 2.05) is 60.0 Å². The molecule has 5 fully saturated rings. The van der Waals surface area contributed by atoms with E-state index in [0.717, 1.165) is 111 Å². The van der Waals surface area contributed by atoms with E-state index in [9.17, 15) is 23.2 Å². The van der Waals surface area contributed by atoms with E-state index < -0.39 is 0 Å². The lowest BCUT2D eigenvalue weighted by molar-refractivity contribution is -0.132. The maximum atomic E-state index is 13.2. The quantitative estimate of drug-likeness (QED) is 0.108. The largest absolute Gasteiger partial charge is 0.398 e. The van der Waals surface area contributed by atoms with Crippen molar-refractivity contribution in [1.82, 2.24) is 24.9 Å². The monoisotopic (exact) mass is 909 g/mol. The van der Waals surface area contributed by atoms with Crippen LogP contribution in [0.1, 0.15) is 71.9 Å². The summed E-state index contributed by atoms with van der Waals surface area (Å²) in [6.07, 6.45) is 12.8. The average molecular weight is 911 g/mol. The molecule has 14 heteroatoms. The van der Waals surface area contributed by atoms with Gasteiger partial charge in [0.05, 0.1) is 5.69 Å². The molecular weight excluding hydrogens is 855 g/mol. The number of piperazine rings is 2. The number of amides is 4. The topological polar surface area (TPSA) is 114 Å². The highest BCUT2D eigenvalue weighted by Gasteiger charge is 2.43. The second-order valence-electron chi connectivity index (χ2n) is 17.9. The number of carbonyl (C=O) groups is 3. The number of halogens is 4. The summed E-state index contributed by atoms with van der Waals surface area (Å²) < 4.78 is 26.3. The van der Waals surface area contributed by atoms with Crippen LogP contribution in [0.25, 0.3) is 12.2 Å². The van der Waals surface area contributed by atoms with Gasteiger partial charge in [-0.1, -0.05) is 47.5 Å². The summed E-state index contributed by atoms with van der Waals surface area (Å²) in [7, 11) is 0. The summed E-state index contributed by atoms with van der Waals surface area (Å²) >= 11 is 12.4. The molecule has 9 rings (SSSR count). The van der Waals surface area contributed by atoms with Crippen molar-refractivity contribution < 1.29 is 23.2 Å². The number of hydrogen-bond donors (Lipinski definition) is 3. The second-order valence-corrected chi connectivity index (χ2v) is 18.7. The summed E-state index contributed by atoms with van der Waals surface area (Å²) in [5.41, 5.74) is 12.7. The van der Waals surface area contributed by atoms with Crippen molar-refractivity contribution in [2.24, 2.45) is 0 Å².